The standard InChI is InChI=1S/C15H21NO3S/c1-11-9-15(2,3)16(10-11)14(17)12-5-7-13(8-6-12)20(4,18)19/h5-8,11H,9-10H2,1-4H3. The molecule has 110 valence electrons. The average molecular weight is 295 g/mol. The van der Waals surface area contributed by atoms with Gasteiger partial charge in [0.25, 0.3) is 5.91 Å². The van der Waals surface area contributed by atoms with E-state index in [2.05, 4.69) is 20.8 Å². The molecule has 1 unspecified atom stereocenters. The van der Waals surface area contributed by atoms with Gasteiger partial charge in [0.05, 0.1) is 4.90 Å². The van der Waals surface area contributed by atoms with E-state index in [9.17, 15) is 13.2 Å². The largest absolute Gasteiger partial charge is 0.333 e. The van der Waals surface area contributed by atoms with Gasteiger partial charge in [0, 0.05) is 23.9 Å². The molecule has 0 aromatic heterocycles. The third-order valence-corrected chi connectivity index (χ3v) is 4.98. The Bertz CT molecular complexity index is 617. The van der Waals surface area contributed by atoms with Gasteiger partial charge in [-0.05, 0) is 50.5 Å². The van der Waals surface area contributed by atoms with Crippen molar-refractivity contribution in [2.24, 2.45) is 5.92 Å². The molecule has 1 aliphatic heterocycles. The Morgan fingerprint density at radius 3 is 2.20 bits per heavy atom. The molecule has 1 aliphatic rings. The van der Waals surface area contributed by atoms with Crippen molar-refractivity contribution in [2.45, 2.75) is 37.6 Å². The number of sulfone groups is 1. The number of benzene rings is 1. The number of likely N-dealkylation sites (tertiary alicyclic amines) is 1. The number of hydrogen-bond acceptors (Lipinski definition) is 3. The van der Waals surface area contributed by atoms with Crippen LogP contribution in [0.5, 0.6) is 0 Å². The van der Waals surface area contributed by atoms with Gasteiger partial charge in [-0.2, -0.15) is 0 Å². The van der Waals surface area contributed by atoms with Gasteiger partial charge in [0.15, 0.2) is 9.84 Å². The molecule has 1 saturated heterocycles. The number of carbonyl (C=O) groups is 1. The van der Waals surface area contributed by atoms with Crippen LogP contribution < -0.4 is 0 Å². The van der Waals surface area contributed by atoms with Crippen LogP contribution in [0.1, 0.15) is 37.6 Å². The summed E-state index contributed by atoms with van der Waals surface area (Å²) in [5.74, 6) is 0.462. The van der Waals surface area contributed by atoms with Crippen molar-refractivity contribution >= 4 is 15.7 Å². The summed E-state index contributed by atoms with van der Waals surface area (Å²) in [5.41, 5.74) is 0.394. The van der Waals surface area contributed by atoms with E-state index in [1.54, 1.807) is 12.1 Å². The van der Waals surface area contributed by atoms with Gasteiger partial charge in [-0.1, -0.05) is 6.92 Å². The predicted molar refractivity (Wildman–Crippen MR) is 78.4 cm³/mol. The highest BCUT2D eigenvalue weighted by Gasteiger charge is 2.39. The molecule has 2 rings (SSSR count). The molecule has 1 heterocycles. The molecule has 1 aromatic rings. The van der Waals surface area contributed by atoms with Gasteiger partial charge >= 0.3 is 0 Å². The van der Waals surface area contributed by atoms with Crippen molar-refractivity contribution in [3.8, 4) is 0 Å². The first-order chi connectivity index (χ1) is 9.11. The maximum Gasteiger partial charge on any atom is 0.254 e. The zero-order chi connectivity index (χ0) is 15.1. The van der Waals surface area contributed by atoms with Crippen LogP contribution in [0.3, 0.4) is 0 Å². The van der Waals surface area contributed by atoms with Crippen molar-refractivity contribution in [1.82, 2.24) is 4.90 Å². The van der Waals surface area contributed by atoms with Crippen LogP contribution in [0, 0.1) is 5.92 Å². The molecule has 0 bridgehead atoms. The predicted octanol–water partition coefficient (Wildman–Crippen LogP) is 2.35. The summed E-state index contributed by atoms with van der Waals surface area (Å²) < 4.78 is 22.8. The van der Waals surface area contributed by atoms with Gasteiger partial charge in [0.1, 0.15) is 0 Å². The Kier molecular flexibility index (Phi) is 3.67. The molecule has 1 atom stereocenters. The fraction of sp³-hybridized carbons (Fsp3) is 0.533. The Labute approximate surface area is 120 Å². The first-order valence-corrected chi connectivity index (χ1v) is 8.62. The second-order valence-corrected chi connectivity index (χ2v) is 8.35. The van der Waals surface area contributed by atoms with Gasteiger partial charge in [0.2, 0.25) is 0 Å². The summed E-state index contributed by atoms with van der Waals surface area (Å²) in [7, 11) is -3.22. The topological polar surface area (TPSA) is 54.5 Å². The number of hydrogen-bond donors (Lipinski definition) is 0. The van der Waals surface area contributed by atoms with E-state index in [1.165, 1.54) is 12.1 Å². The summed E-state index contributed by atoms with van der Waals surface area (Å²) in [6, 6.07) is 6.18. The lowest BCUT2D eigenvalue weighted by atomic mass is 9.97. The second-order valence-electron chi connectivity index (χ2n) is 6.33. The molecule has 5 heteroatoms. The van der Waals surface area contributed by atoms with Gasteiger partial charge < -0.3 is 4.90 Å². The highest BCUT2D eigenvalue weighted by atomic mass is 32.2. The molecule has 20 heavy (non-hydrogen) atoms. The lowest BCUT2D eigenvalue weighted by molar-refractivity contribution is 0.0650. The highest BCUT2D eigenvalue weighted by molar-refractivity contribution is 7.90. The zero-order valence-electron chi connectivity index (χ0n) is 12.4. The minimum absolute atomic E-state index is 0.0283. The molecule has 0 aliphatic carbocycles. The Hall–Kier alpha value is -1.36. The molecular weight excluding hydrogens is 274 g/mol. The van der Waals surface area contributed by atoms with E-state index in [0.29, 0.717) is 11.5 Å². The average Bonchev–Trinajstić information content (AvgIpc) is 2.60. The quantitative estimate of drug-likeness (QED) is 0.841. The summed E-state index contributed by atoms with van der Waals surface area (Å²) in [6.45, 7) is 7.03. The Morgan fingerprint density at radius 1 is 1.25 bits per heavy atom. The molecule has 0 spiro atoms. The summed E-state index contributed by atoms with van der Waals surface area (Å²) in [6.07, 6.45) is 2.15. The molecule has 0 saturated carbocycles. The van der Waals surface area contributed by atoms with E-state index < -0.39 is 9.84 Å². The molecule has 0 N–H and O–H groups in total. The SMILES string of the molecule is CC1CN(C(=O)c2ccc(S(C)(=O)=O)cc2)C(C)(C)C1. The Balaban J connectivity index is 2.26. The maximum absolute atomic E-state index is 12.5. The minimum Gasteiger partial charge on any atom is -0.333 e. The number of carbonyl (C=O) groups excluding carboxylic acids is 1. The van der Waals surface area contributed by atoms with Crippen molar-refractivity contribution in [1.29, 1.82) is 0 Å². The fourth-order valence-electron chi connectivity index (χ4n) is 2.94. The molecule has 4 nitrogen and oxygen atoms in total. The smallest absolute Gasteiger partial charge is 0.254 e. The lowest BCUT2D eigenvalue weighted by Crippen LogP contribution is -2.42. The van der Waals surface area contributed by atoms with Crippen LogP contribution >= 0.6 is 0 Å². The van der Waals surface area contributed by atoms with Crippen LogP contribution in [-0.2, 0) is 9.84 Å². The van der Waals surface area contributed by atoms with Crippen LogP contribution in [-0.4, -0.2) is 37.6 Å². The normalized spacial score (nSPS) is 22.0. The van der Waals surface area contributed by atoms with E-state index in [0.717, 1.165) is 19.2 Å². The molecule has 0 radical (unpaired) electrons. The monoisotopic (exact) mass is 295 g/mol. The third kappa shape index (κ3) is 2.87. The van der Waals surface area contributed by atoms with Crippen molar-refractivity contribution in [3.05, 3.63) is 29.8 Å². The van der Waals surface area contributed by atoms with Gasteiger partial charge in [-0.3, -0.25) is 4.79 Å². The van der Waals surface area contributed by atoms with Crippen molar-refractivity contribution in [2.75, 3.05) is 12.8 Å². The number of amides is 1. The second kappa shape index (κ2) is 4.88. The van der Waals surface area contributed by atoms with E-state index in [1.807, 2.05) is 4.90 Å². The lowest BCUT2D eigenvalue weighted by Gasteiger charge is -2.31. The first-order valence-electron chi connectivity index (χ1n) is 6.73. The molecule has 1 amide bonds. The summed E-state index contributed by atoms with van der Waals surface area (Å²) in [4.78, 5) is 14.7. The van der Waals surface area contributed by atoms with E-state index in [-0.39, 0.29) is 16.3 Å². The van der Waals surface area contributed by atoms with Crippen LogP contribution in [0.15, 0.2) is 29.2 Å². The molecular formula is C15H21NO3S. The van der Waals surface area contributed by atoms with E-state index >= 15 is 0 Å². The minimum atomic E-state index is -3.22. The van der Waals surface area contributed by atoms with Gasteiger partial charge in [-0.15, -0.1) is 0 Å². The number of rotatable bonds is 2. The van der Waals surface area contributed by atoms with Crippen LogP contribution in [0.25, 0.3) is 0 Å². The fourth-order valence-corrected chi connectivity index (χ4v) is 3.58. The molecule has 1 fully saturated rings. The maximum atomic E-state index is 12.5. The van der Waals surface area contributed by atoms with Crippen LogP contribution in [0.4, 0.5) is 0 Å². The highest BCUT2D eigenvalue weighted by Crippen LogP contribution is 2.33. The zero-order valence-corrected chi connectivity index (χ0v) is 13.2. The Morgan fingerprint density at radius 2 is 1.80 bits per heavy atom. The first kappa shape index (κ1) is 15.0. The summed E-state index contributed by atoms with van der Waals surface area (Å²) in [5, 5.41) is 0. The third-order valence-electron chi connectivity index (χ3n) is 3.85. The van der Waals surface area contributed by atoms with Crippen molar-refractivity contribution in [3.63, 3.8) is 0 Å². The summed E-state index contributed by atoms with van der Waals surface area (Å²) >= 11 is 0. The molecule has 1 aromatic carbocycles. The van der Waals surface area contributed by atoms with Crippen LogP contribution in [0.2, 0.25) is 0 Å². The van der Waals surface area contributed by atoms with Gasteiger partial charge in [-0.25, -0.2) is 8.42 Å². The van der Waals surface area contributed by atoms with Crippen molar-refractivity contribution < 1.29 is 13.2 Å². The van der Waals surface area contributed by atoms with E-state index in [4.69, 9.17) is 0 Å². The number of nitrogens with zero attached hydrogens (tertiary/aromatic N) is 1.